The Hall–Kier alpha value is -1.98. The Bertz CT molecular complexity index is 831. The van der Waals surface area contributed by atoms with Gasteiger partial charge in [0, 0.05) is 5.69 Å². The number of sulfonamides is 1. The lowest BCUT2D eigenvalue weighted by atomic mass is 10.3. The van der Waals surface area contributed by atoms with Gasteiger partial charge < -0.3 is 5.32 Å². The van der Waals surface area contributed by atoms with Gasteiger partial charge in [-0.15, -0.1) is 5.10 Å². The van der Waals surface area contributed by atoms with Crippen LogP contribution in [-0.2, 0) is 14.8 Å². The summed E-state index contributed by atoms with van der Waals surface area (Å²) in [6.07, 6.45) is 2.09. The molecular weight excluding hydrogens is 340 g/mol. The summed E-state index contributed by atoms with van der Waals surface area (Å²) in [5.41, 5.74) is 0.365. The average molecular weight is 354 g/mol. The highest BCUT2D eigenvalue weighted by molar-refractivity contribution is 7.99. The zero-order chi connectivity index (χ0) is 16.4. The predicted molar refractivity (Wildman–Crippen MR) is 83.3 cm³/mol. The number of nitrogens with zero attached hydrogens (tertiary/aromatic N) is 4. The molecule has 0 atom stereocenters. The zero-order valence-electron chi connectivity index (χ0n) is 11.9. The number of amides is 1. The smallest absolute Gasteiger partial charge is 0.238 e. The molecule has 2 aromatic rings. The van der Waals surface area contributed by atoms with E-state index in [-0.39, 0.29) is 16.6 Å². The Morgan fingerprint density at radius 3 is 2.91 bits per heavy atom. The first-order valence-electron chi connectivity index (χ1n) is 6.77. The molecule has 0 bridgehead atoms. The molecule has 1 amide bonds. The van der Waals surface area contributed by atoms with E-state index in [9.17, 15) is 13.2 Å². The summed E-state index contributed by atoms with van der Waals surface area (Å²) in [5.74, 6) is -0.168. The van der Waals surface area contributed by atoms with Crippen LogP contribution in [0.3, 0.4) is 0 Å². The number of nitrogens with one attached hydrogen (secondary N) is 1. The van der Waals surface area contributed by atoms with E-state index in [1.54, 1.807) is 10.7 Å². The summed E-state index contributed by atoms with van der Waals surface area (Å²) in [7, 11) is -3.80. The highest BCUT2D eigenvalue weighted by atomic mass is 32.2. The van der Waals surface area contributed by atoms with E-state index in [0.29, 0.717) is 16.9 Å². The Morgan fingerprint density at radius 1 is 1.43 bits per heavy atom. The molecule has 1 fully saturated rings. The van der Waals surface area contributed by atoms with Crippen LogP contribution in [0.5, 0.6) is 0 Å². The van der Waals surface area contributed by atoms with Gasteiger partial charge in [0.15, 0.2) is 0 Å². The lowest BCUT2D eigenvalue weighted by Gasteiger charge is -2.06. The standard InChI is InChI=1S/C12H14N6O3S2/c13-23(20,21)10-3-1-2-8(6-10)14-11(19)7-22-12-15-16-17-18(12)9-4-5-9/h1-3,6,9H,4-5,7H2,(H,14,19)(H2,13,20,21). The molecule has 3 N–H and O–H groups in total. The fourth-order valence-corrected chi connectivity index (χ4v) is 3.21. The first-order chi connectivity index (χ1) is 10.9. The van der Waals surface area contributed by atoms with Gasteiger partial charge in [0.05, 0.1) is 16.7 Å². The summed E-state index contributed by atoms with van der Waals surface area (Å²) in [4.78, 5) is 11.9. The van der Waals surface area contributed by atoms with E-state index in [1.165, 1.54) is 30.0 Å². The molecule has 0 aliphatic heterocycles. The number of hydrogen-bond acceptors (Lipinski definition) is 7. The first-order valence-corrected chi connectivity index (χ1v) is 9.30. The fraction of sp³-hybridized carbons (Fsp3) is 0.333. The van der Waals surface area contributed by atoms with E-state index in [2.05, 4.69) is 20.8 Å². The molecule has 0 radical (unpaired) electrons. The van der Waals surface area contributed by atoms with Gasteiger partial charge in [-0.25, -0.2) is 18.2 Å². The van der Waals surface area contributed by atoms with Gasteiger partial charge in [-0.1, -0.05) is 17.8 Å². The van der Waals surface area contributed by atoms with Crippen molar-refractivity contribution in [3.05, 3.63) is 24.3 Å². The second-order valence-electron chi connectivity index (χ2n) is 5.05. The molecule has 11 heteroatoms. The number of nitrogens with two attached hydrogens (primary N) is 1. The molecule has 1 aromatic heterocycles. The molecule has 1 aromatic carbocycles. The number of benzene rings is 1. The van der Waals surface area contributed by atoms with Gasteiger partial charge in [0.1, 0.15) is 0 Å². The Morgan fingerprint density at radius 2 is 2.22 bits per heavy atom. The van der Waals surface area contributed by atoms with Gasteiger partial charge in [-0.05, 0) is 41.5 Å². The molecule has 0 saturated heterocycles. The highest BCUT2D eigenvalue weighted by Crippen LogP contribution is 2.36. The Balaban J connectivity index is 1.60. The SMILES string of the molecule is NS(=O)(=O)c1cccc(NC(=O)CSc2nnnn2C2CC2)c1. The quantitative estimate of drug-likeness (QED) is 0.717. The van der Waals surface area contributed by atoms with Crippen molar-refractivity contribution in [3.8, 4) is 0 Å². The predicted octanol–water partition coefficient (Wildman–Crippen LogP) is 0.386. The Labute approximate surface area is 136 Å². The minimum atomic E-state index is -3.80. The van der Waals surface area contributed by atoms with Crippen molar-refractivity contribution in [2.75, 3.05) is 11.1 Å². The van der Waals surface area contributed by atoms with Crippen LogP contribution in [0.25, 0.3) is 0 Å². The molecule has 0 spiro atoms. The topological polar surface area (TPSA) is 133 Å². The number of anilines is 1. The minimum Gasteiger partial charge on any atom is -0.325 e. The lowest BCUT2D eigenvalue weighted by molar-refractivity contribution is -0.113. The zero-order valence-corrected chi connectivity index (χ0v) is 13.5. The van der Waals surface area contributed by atoms with Crippen LogP contribution >= 0.6 is 11.8 Å². The highest BCUT2D eigenvalue weighted by Gasteiger charge is 2.28. The first kappa shape index (κ1) is 15.9. The van der Waals surface area contributed by atoms with Crippen LogP contribution in [-0.4, -0.2) is 40.3 Å². The van der Waals surface area contributed by atoms with Crippen LogP contribution in [0.15, 0.2) is 34.3 Å². The number of tetrazole rings is 1. The minimum absolute atomic E-state index is 0.0550. The van der Waals surface area contributed by atoms with E-state index >= 15 is 0 Å². The molecule has 0 unspecified atom stereocenters. The van der Waals surface area contributed by atoms with Gasteiger partial charge in [-0.2, -0.15) is 0 Å². The number of thioether (sulfide) groups is 1. The summed E-state index contributed by atoms with van der Waals surface area (Å²) in [6.45, 7) is 0. The molecule has 1 aliphatic carbocycles. The van der Waals surface area contributed by atoms with Crippen LogP contribution in [0.4, 0.5) is 5.69 Å². The third kappa shape index (κ3) is 4.06. The molecule has 9 nitrogen and oxygen atoms in total. The Kier molecular flexibility index (Phi) is 4.33. The molecule has 122 valence electrons. The van der Waals surface area contributed by atoms with Crippen LogP contribution < -0.4 is 10.5 Å². The maximum Gasteiger partial charge on any atom is 0.238 e. The fourth-order valence-electron chi connectivity index (χ4n) is 1.91. The van der Waals surface area contributed by atoms with Crippen molar-refractivity contribution in [1.29, 1.82) is 0 Å². The van der Waals surface area contributed by atoms with E-state index < -0.39 is 10.0 Å². The molecule has 1 saturated carbocycles. The van der Waals surface area contributed by atoms with Gasteiger partial charge in [-0.3, -0.25) is 4.79 Å². The second-order valence-corrected chi connectivity index (χ2v) is 7.55. The van der Waals surface area contributed by atoms with Gasteiger partial charge in [0.2, 0.25) is 21.1 Å². The van der Waals surface area contributed by atoms with Gasteiger partial charge >= 0.3 is 0 Å². The van der Waals surface area contributed by atoms with Crippen molar-refractivity contribution < 1.29 is 13.2 Å². The van der Waals surface area contributed by atoms with E-state index in [0.717, 1.165) is 12.8 Å². The number of hydrogen-bond donors (Lipinski definition) is 2. The van der Waals surface area contributed by atoms with Gasteiger partial charge in [0.25, 0.3) is 0 Å². The molecular formula is C12H14N6O3S2. The largest absolute Gasteiger partial charge is 0.325 e. The van der Waals surface area contributed by atoms with Crippen LogP contribution in [0.2, 0.25) is 0 Å². The number of carbonyl (C=O) groups is 1. The maximum absolute atomic E-state index is 12.0. The van der Waals surface area contributed by atoms with E-state index in [1.807, 2.05) is 0 Å². The molecule has 3 rings (SSSR count). The third-order valence-electron chi connectivity index (χ3n) is 3.13. The number of aromatic nitrogens is 4. The summed E-state index contributed by atoms with van der Waals surface area (Å²) in [5, 5.41) is 19.7. The molecule has 1 heterocycles. The number of carbonyl (C=O) groups excluding carboxylic acids is 1. The lowest BCUT2D eigenvalue weighted by Crippen LogP contribution is -2.16. The van der Waals surface area contributed by atoms with Crippen molar-refractivity contribution in [2.24, 2.45) is 5.14 Å². The number of primary sulfonamides is 1. The summed E-state index contributed by atoms with van der Waals surface area (Å²) < 4.78 is 24.3. The molecule has 23 heavy (non-hydrogen) atoms. The summed E-state index contributed by atoms with van der Waals surface area (Å²) in [6, 6.07) is 6.11. The van der Waals surface area contributed by atoms with Crippen LogP contribution in [0.1, 0.15) is 18.9 Å². The van der Waals surface area contributed by atoms with Crippen molar-refractivity contribution in [1.82, 2.24) is 20.2 Å². The summed E-state index contributed by atoms with van der Waals surface area (Å²) >= 11 is 1.23. The normalized spacial score (nSPS) is 14.7. The second kappa shape index (κ2) is 6.26. The maximum atomic E-state index is 12.0. The van der Waals surface area contributed by atoms with Crippen molar-refractivity contribution >= 4 is 33.4 Å². The van der Waals surface area contributed by atoms with Crippen molar-refractivity contribution in [2.45, 2.75) is 28.9 Å². The number of rotatable bonds is 6. The average Bonchev–Trinajstić information content (AvgIpc) is 3.23. The van der Waals surface area contributed by atoms with Crippen molar-refractivity contribution in [3.63, 3.8) is 0 Å². The molecule has 1 aliphatic rings. The monoisotopic (exact) mass is 354 g/mol. The van der Waals surface area contributed by atoms with Crippen LogP contribution in [0, 0.1) is 0 Å². The third-order valence-corrected chi connectivity index (χ3v) is 4.98. The van der Waals surface area contributed by atoms with E-state index in [4.69, 9.17) is 5.14 Å².